The van der Waals surface area contributed by atoms with Crippen molar-refractivity contribution in [1.29, 1.82) is 0 Å². The highest BCUT2D eigenvalue weighted by molar-refractivity contribution is 9.10. The molecule has 15 heavy (non-hydrogen) atoms. The van der Waals surface area contributed by atoms with E-state index in [0.29, 0.717) is 12.0 Å². The third-order valence-electron chi connectivity index (χ3n) is 1.93. The standard InChI is InChI=1S/C11H13BrFN.ClH/c1-7(2)5-11(14)9-6-8(12)3-4-10(9)13;/h3-4,6,11H,1,5,14H2,2H3;1H/t11-;/m0./s1. The van der Waals surface area contributed by atoms with Crippen molar-refractivity contribution >= 4 is 28.3 Å². The first-order valence-electron chi connectivity index (χ1n) is 4.35. The lowest BCUT2D eigenvalue weighted by Crippen LogP contribution is -2.12. The summed E-state index contributed by atoms with van der Waals surface area (Å²) in [5.41, 5.74) is 7.33. The van der Waals surface area contributed by atoms with Gasteiger partial charge in [0.25, 0.3) is 0 Å². The fourth-order valence-electron chi connectivity index (χ4n) is 1.28. The maximum Gasteiger partial charge on any atom is 0.128 e. The Hall–Kier alpha value is -0.380. The highest BCUT2D eigenvalue weighted by Gasteiger charge is 2.11. The van der Waals surface area contributed by atoms with Gasteiger partial charge in [-0.05, 0) is 31.5 Å². The number of rotatable bonds is 3. The molecule has 0 radical (unpaired) electrons. The number of nitrogens with two attached hydrogens (primary N) is 1. The van der Waals surface area contributed by atoms with Crippen molar-refractivity contribution in [2.75, 3.05) is 0 Å². The number of hydrogen-bond donors (Lipinski definition) is 1. The lowest BCUT2D eigenvalue weighted by atomic mass is 10.0. The summed E-state index contributed by atoms with van der Waals surface area (Å²) in [7, 11) is 0. The average molecular weight is 295 g/mol. The first-order chi connectivity index (χ1) is 6.50. The van der Waals surface area contributed by atoms with Crippen LogP contribution < -0.4 is 5.73 Å². The zero-order valence-electron chi connectivity index (χ0n) is 8.47. The molecule has 0 aromatic heterocycles. The summed E-state index contributed by atoms with van der Waals surface area (Å²) in [6.07, 6.45) is 0.605. The van der Waals surface area contributed by atoms with Crippen LogP contribution in [0.2, 0.25) is 0 Å². The van der Waals surface area contributed by atoms with E-state index < -0.39 is 0 Å². The maximum atomic E-state index is 13.3. The largest absolute Gasteiger partial charge is 0.324 e. The Kier molecular flexibility index (Phi) is 6.10. The van der Waals surface area contributed by atoms with Crippen molar-refractivity contribution in [2.24, 2.45) is 5.73 Å². The fraction of sp³-hybridized carbons (Fsp3) is 0.273. The topological polar surface area (TPSA) is 26.0 Å². The summed E-state index contributed by atoms with van der Waals surface area (Å²) < 4.78 is 14.2. The molecule has 0 spiro atoms. The van der Waals surface area contributed by atoms with Gasteiger partial charge in [0.1, 0.15) is 5.82 Å². The smallest absolute Gasteiger partial charge is 0.128 e. The lowest BCUT2D eigenvalue weighted by molar-refractivity contribution is 0.579. The second-order valence-electron chi connectivity index (χ2n) is 3.43. The Morgan fingerprint density at radius 3 is 2.73 bits per heavy atom. The molecule has 0 saturated carbocycles. The van der Waals surface area contributed by atoms with Gasteiger partial charge in [0.15, 0.2) is 0 Å². The molecule has 1 aromatic rings. The zero-order valence-corrected chi connectivity index (χ0v) is 10.9. The molecule has 0 unspecified atom stereocenters. The minimum Gasteiger partial charge on any atom is -0.324 e. The molecular formula is C11H14BrClFN. The second kappa shape index (κ2) is 6.26. The molecule has 0 aliphatic heterocycles. The molecule has 0 aliphatic rings. The van der Waals surface area contributed by atoms with Crippen molar-refractivity contribution in [3.63, 3.8) is 0 Å². The van der Waals surface area contributed by atoms with E-state index in [1.807, 2.05) is 6.92 Å². The van der Waals surface area contributed by atoms with E-state index in [0.717, 1.165) is 10.0 Å². The third kappa shape index (κ3) is 4.33. The molecule has 1 rings (SSSR count). The van der Waals surface area contributed by atoms with Crippen molar-refractivity contribution < 1.29 is 4.39 Å². The van der Waals surface area contributed by atoms with Crippen molar-refractivity contribution in [3.05, 3.63) is 46.2 Å². The summed E-state index contributed by atoms with van der Waals surface area (Å²) in [5.74, 6) is -0.262. The zero-order chi connectivity index (χ0) is 10.7. The summed E-state index contributed by atoms with van der Waals surface area (Å²) in [6, 6.07) is 4.47. The third-order valence-corrected chi connectivity index (χ3v) is 2.42. The van der Waals surface area contributed by atoms with Gasteiger partial charge in [-0.15, -0.1) is 19.0 Å². The van der Waals surface area contributed by atoms with Crippen LogP contribution in [-0.4, -0.2) is 0 Å². The van der Waals surface area contributed by atoms with Crippen LogP contribution >= 0.6 is 28.3 Å². The molecule has 2 N–H and O–H groups in total. The van der Waals surface area contributed by atoms with Gasteiger partial charge in [0, 0.05) is 16.1 Å². The Morgan fingerprint density at radius 1 is 1.60 bits per heavy atom. The fourth-order valence-corrected chi connectivity index (χ4v) is 1.66. The van der Waals surface area contributed by atoms with Crippen LogP contribution in [-0.2, 0) is 0 Å². The van der Waals surface area contributed by atoms with Gasteiger partial charge in [0.2, 0.25) is 0 Å². The van der Waals surface area contributed by atoms with E-state index in [1.165, 1.54) is 6.07 Å². The Balaban J connectivity index is 0.00000196. The van der Waals surface area contributed by atoms with Crippen LogP contribution in [0.3, 0.4) is 0 Å². The van der Waals surface area contributed by atoms with Gasteiger partial charge in [-0.25, -0.2) is 4.39 Å². The quantitative estimate of drug-likeness (QED) is 0.839. The van der Waals surface area contributed by atoms with Gasteiger partial charge in [-0.2, -0.15) is 0 Å². The van der Waals surface area contributed by atoms with Gasteiger partial charge >= 0.3 is 0 Å². The van der Waals surface area contributed by atoms with E-state index in [9.17, 15) is 4.39 Å². The minimum atomic E-state index is -0.315. The van der Waals surface area contributed by atoms with Crippen LogP contribution in [0.1, 0.15) is 24.9 Å². The maximum absolute atomic E-state index is 13.3. The predicted octanol–water partition coefficient (Wildman–Crippen LogP) is 3.98. The molecule has 1 nitrogen and oxygen atoms in total. The monoisotopic (exact) mass is 293 g/mol. The van der Waals surface area contributed by atoms with Crippen molar-refractivity contribution in [3.8, 4) is 0 Å². The summed E-state index contributed by atoms with van der Waals surface area (Å²) in [4.78, 5) is 0. The Morgan fingerprint density at radius 2 is 2.20 bits per heavy atom. The number of hydrogen-bond acceptors (Lipinski definition) is 1. The highest BCUT2D eigenvalue weighted by atomic mass is 79.9. The lowest BCUT2D eigenvalue weighted by Gasteiger charge is -2.13. The average Bonchev–Trinajstić information content (AvgIpc) is 2.08. The molecule has 0 saturated heterocycles. The van der Waals surface area contributed by atoms with Crippen LogP contribution in [0, 0.1) is 5.82 Å². The number of halogens is 3. The van der Waals surface area contributed by atoms with E-state index in [-0.39, 0.29) is 24.3 Å². The minimum absolute atomic E-state index is 0. The molecule has 0 amide bonds. The molecule has 4 heteroatoms. The van der Waals surface area contributed by atoms with E-state index >= 15 is 0 Å². The molecule has 0 aliphatic carbocycles. The molecular weight excluding hydrogens is 280 g/mol. The first-order valence-corrected chi connectivity index (χ1v) is 5.15. The van der Waals surface area contributed by atoms with Crippen LogP contribution in [0.25, 0.3) is 0 Å². The molecule has 1 atom stereocenters. The van der Waals surface area contributed by atoms with E-state index in [2.05, 4.69) is 22.5 Å². The van der Waals surface area contributed by atoms with Crippen molar-refractivity contribution in [1.82, 2.24) is 0 Å². The first kappa shape index (κ1) is 14.6. The van der Waals surface area contributed by atoms with Gasteiger partial charge in [-0.1, -0.05) is 21.5 Å². The van der Waals surface area contributed by atoms with Gasteiger partial charge < -0.3 is 5.73 Å². The molecule has 0 heterocycles. The number of benzene rings is 1. The summed E-state index contributed by atoms with van der Waals surface area (Å²) >= 11 is 3.29. The molecule has 0 bridgehead atoms. The Bertz CT molecular complexity index is 354. The van der Waals surface area contributed by atoms with Crippen molar-refractivity contribution in [2.45, 2.75) is 19.4 Å². The summed E-state index contributed by atoms with van der Waals surface area (Å²) in [6.45, 7) is 5.64. The van der Waals surface area contributed by atoms with Crippen LogP contribution in [0.4, 0.5) is 4.39 Å². The Labute approximate surface area is 104 Å². The SMILES string of the molecule is C=C(C)C[C@H](N)c1cc(Br)ccc1F.Cl. The second-order valence-corrected chi connectivity index (χ2v) is 4.35. The van der Waals surface area contributed by atoms with Gasteiger partial charge in [0.05, 0.1) is 0 Å². The highest BCUT2D eigenvalue weighted by Crippen LogP contribution is 2.23. The van der Waals surface area contributed by atoms with Crippen LogP contribution in [0.15, 0.2) is 34.8 Å². The van der Waals surface area contributed by atoms with Crippen LogP contribution in [0.5, 0.6) is 0 Å². The normalized spacial score (nSPS) is 11.7. The predicted molar refractivity (Wildman–Crippen MR) is 67.7 cm³/mol. The van der Waals surface area contributed by atoms with E-state index in [4.69, 9.17) is 5.73 Å². The molecule has 0 fully saturated rings. The van der Waals surface area contributed by atoms with Gasteiger partial charge in [-0.3, -0.25) is 0 Å². The molecule has 84 valence electrons. The molecule has 1 aromatic carbocycles. The summed E-state index contributed by atoms with van der Waals surface area (Å²) in [5, 5.41) is 0. The van der Waals surface area contributed by atoms with E-state index in [1.54, 1.807) is 12.1 Å².